The Morgan fingerprint density at radius 3 is 3.09 bits per heavy atom. The lowest BCUT2D eigenvalue weighted by atomic mass is 10.5. The quantitative estimate of drug-likeness (QED) is 0.634. The molecule has 1 heterocycles. The van der Waals surface area contributed by atoms with Crippen LogP contribution in [0.2, 0.25) is 0 Å². The van der Waals surface area contributed by atoms with Crippen molar-refractivity contribution in [2.45, 2.75) is 6.54 Å². The molecule has 2 N–H and O–H groups in total. The highest BCUT2D eigenvalue weighted by Crippen LogP contribution is 1.95. The fourth-order valence-corrected chi connectivity index (χ4v) is 0.796. The maximum absolute atomic E-state index is 5.35. The number of rotatable bonds is 4. The van der Waals surface area contributed by atoms with Crippen LogP contribution in [-0.2, 0) is 6.54 Å². The van der Waals surface area contributed by atoms with Crippen molar-refractivity contribution in [1.82, 2.24) is 15.0 Å². The zero-order chi connectivity index (χ0) is 8.10. The lowest BCUT2D eigenvalue weighted by Gasteiger charge is -2.11. The molecule has 0 saturated carbocycles. The summed E-state index contributed by atoms with van der Waals surface area (Å²) in [5, 5.41) is 3.49. The maximum atomic E-state index is 5.35. The summed E-state index contributed by atoms with van der Waals surface area (Å²) >= 11 is 0. The highest BCUT2D eigenvalue weighted by molar-refractivity contribution is 4.73. The van der Waals surface area contributed by atoms with E-state index in [1.54, 1.807) is 0 Å². The predicted molar refractivity (Wildman–Crippen MR) is 39.7 cm³/mol. The normalized spacial score (nSPS) is 10.8. The monoisotopic (exact) mass is 156 g/mol. The van der Waals surface area contributed by atoms with Crippen LogP contribution in [0.4, 0.5) is 0 Å². The lowest BCUT2D eigenvalue weighted by molar-refractivity contribution is 0.272. The number of nitrogens with zero attached hydrogens (tertiary/aromatic N) is 3. The first kappa shape index (κ1) is 8.16. The van der Waals surface area contributed by atoms with Gasteiger partial charge in [0.15, 0.2) is 6.33 Å². The third-order valence-corrected chi connectivity index (χ3v) is 1.32. The van der Waals surface area contributed by atoms with Crippen LogP contribution in [0.25, 0.3) is 0 Å². The molecule has 0 saturated heterocycles. The smallest absolute Gasteiger partial charge is 0.240 e. The Hall–Kier alpha value is -0.940. The standard InChI is InChI=1S/C6H12N4O/c1-10(3-2-7)4-6-8-5-9-11-6/h5H,2-4,7H2,1H3. The van der Waals surface area contributed by atoms with Gasteiger partial charge in [-0.25, -0.2) is 0 Å². The Morgan fingerprint density at radius 2 is 2.55 bits per heavy atom. The van der Waals surface area contributed by atoms with E-state index in [-0.39, 0.29) is 0 Å². The molecule has 0 spiro atoms. The van der Waals surface area contributed by atoms with Crippen LogP contribution in [0.1, 0.15) is 5.89 Å². The van der Waals surface area contributed by atoms with E-state index in [2.05, 4.69) is 10.1 Å². The summed E-state index contributed by atoms with van der Waals surface area (Å²) < 4.78 is 4.81. The first-order valence-corrected chi connectivity index (χ1v) is 3.47. The summed E-state index contributed by atoms with van der Waals surface area (Å²) in [5.41, 5.74) is 5.35. The summed E-state index contributed by atoms with van der Waals surface area (Å²) in [6, 6.07) is 0. The Balaban J connectivity index is 2.31. The SMILES string of the molecule is CN(CCN)Cc1ncno1. The van der Waals surface area contributed by atoms with Crippen LogP contribution in [0, 0.1) is 0 Å². The van der Waals surface area contributed by atoms with Crippen LogP contribution < -0.4 is 5.73 Å². The van der Waals surface area contributed by atoms with Gasteiger partial charge in [-0.2, -0.15) is 4.98 Å². The molecule has 1 aromatic rings. The second-order valence-electron chi connectivity index (χ2n) is 2.36. The van der Waals surface area contributed by atoms with Crippen LogP contribution >= 0.6 is 0 Å². The molecule has 11 heavy (non-hydrogen) atoms. The van der Waals surface area contributed by atoms with Gasteiger partial charge in [-0.15, -0.1) is 0 Å². The molecule has 0 aliphatic heterocycles. The molecular weight excluding hydrogens is 144 g/mol. The van der Waals surface area contributed by atoms with E-state index in [0.717, 1.165) is 6.54 Å². The van der Waals surface area contributed by atoms with Crippen molar-refractivity contribution in [2.24, 2.45) is 5.73 Å². The summed E-state index contributed by atoms with van der Waals surface area (Å²) in [6.07, 6.45) is 1.39. The third-order valence-electron chi connectivity index (χ3n) is 1.32. The van der Waals surface area contributed by atoms with E-state index in [0.29, 0.717) is 19.0 Å². The molecule has 5 heteroatoms. The number of nitrogens with two attached hydrogens (primary N) is 1. The highest BCUT2D eigenvalue weighted by atomic mass is 16.5. The molecule has 0 bridgehead atoms. The lowest BCUT2D eigenvalue weighted by Crippen LogP contribution is -2.25. The zero-order valence-corrected chi connectivity index (χ0v) is 6.53. The Morgan fingerprint density at radius 1 is 1.73 bits per heavy atom. The van der Waals surface area contributed by atoms with E-state index in [1.165, 1.54) is 6.33 Å². The van der Waals surface area contributed by atoms with Gasteiger partial charge in [-0.1, -0.05) is 5.16 Å². The molecule has 0 atom stereocenters. The molecule has 5 nitrogen and oxygen atoms in total. The minimum Gasteiger partial charge on any atom is -0.338 e. The molecule has 0 aliphatic rings. The zero-order valence-electron chi connectivity index (χ0n) is 6.53. The van der Waals surface area contributed by atoms with Gasteiger partial charge in [-0.3, -0.25) is 4.90 Å². The molecule has 0 unspecified atom stereocenters. The van der Waals surface area contributed by atoms with Crippen molar-refractivity contribution in [3.05, 3.63) is 12.2 Å². The molecule has 1 aromatic heterocycles. The topological polar surface area (TPSA) is 68.2 Å². The molecule has 62 valence electrons. The van der Waals surface area contributed by atoms with Crippen LogP contribution in [0.3, 0.4) is 0 Å². The van der Waals surface area contributed by atoms with Gasteiger partial charge < -0.3 is 10.3 Å². The fraction of sp³-hybridized carbons (Fsp3) is 0.667. The number of likely N-dealkylation sites (N-methyl/N-ethyl adjacent to an activating group) is 1. The first-order chi connectivity index (χ1) is 5.33. The molecule has 0 aromatic carbocycles. The predicted octanol–water partition coefficient (Wildman–Crippen LogP) is -0.540. The fourth-order valence-electron chi connectivity index (χ4n) is 0.796. The summed E-state index contributed by atoms with van der Waals surface area (Å²) in [6.45, 7) is 2.14. The summed E-state index contributed by atoms with van der Waals surface area (Å²) in [7, 11) is 1.96. The van der Waals surface area contributed by atoms with Gasteiger partial charge in [0.2, 0.25) is 5.89 Å². The van der Waals surface area contributed by atoms with E-state index < -0.39 is 0 Å². The van der Waals surface area contributed by atoms with Gasteiger partial charge in [0.25, 0.3) is 0 Å². The molecule has 0 amide bonds. The van der Waals surface area contributed by atoms with Crippen molar-refractivity contribution < 1.29 is 4.52 Å². The van der Waals surface area contributed by atoms with Crippen molar-refractivity contribution >= 4 is 0 Å². The minimum atomic E-state index is 0.626. The van der Waals surface area contributed by atoms with Gasteiger partial charge in [-0.05, 0) is 7.05 Å². The third kappa shape index (κ3) is 2.65. The molecule has 0 radical (unpaired) electrons. The summed E-state index contributed by atoms with van der Waals surface area (Å²) in [5.74, 6) is 0.626. The first-order valence-electron chi connectivity index (χ1n) is 3.47. The number of hydrogen-bond acceptors (Lipinski definition) is 5. The van der Waals surface area contributed by atoms with Gasteiger partial charge >= 0.3 is 0 Å². The maximum Gasteiger partial charge on any atom is 0.240 e. The van der Waals surface area contributed by atoms with Crippen molar-refractivity contribution in [3.63, 3.8) is 0 Å². The van der Waals surface area contributed by atoms with Gasteiger partial charge in [0.1, 0.15) is 0 Å². The second kappa shape index (κ2) is 4.05. The van der Waals surface area contributed by atoms with Crippen LogP contribution in [0.15, 0.2) is 10.9 Å². The van der Waals surface area contributed by atoms with E-state index >= 15 is 0 Å². The number of aromatic nitrogens is 2. The van der Waals surface area contributed by atoms with Crippen molar-refractivity contribution in [3.8, 4) is 0 Å². The van der Waals surface area contributed by atoms with Gasteiger partial charge in [0, 0.05) is 13.1 Å². The highest BCUT2D eigenvalue weighted by Gasteiger charge is 2.02. The average molecular weight is 156 g/mol. The van der Waals surface area contributed by atoms with E-state index in [4.69, 9.17) is 10.3 Å². The molecule has 0 aliphatic carbocycles. The molecular formula is C6H12N4O. The second-order valence-corrected chi connectivity index (χ2v) is 2.36. The minimum absolute atomic E-state index is 0.626. The van der Waals surface area contributed by atoms with Crippen molar-refractivity contribution in [1.29, 1.82) is 0 Å². The molecule has 1 rings (SSSR count). The van der Waals surface area contributed by atoms with Crippen LogP contribution in [-0.4, -0.2) is 35.2 Å². The largest absolute Gasteiger partial charge is 0.338 e. The Bertz CT molecular complexity index is 186. The Labute approximate surface area is 65.2 Å². The van der Waals surface area contributed by atoms with E-state index in [9.17, 15) is 0 Å². The van der Waals surface area contributed by atoms with E-state index in [1.807, 2.05) is 11.9 Å². The molecule has 0 fully saturated rings. The average Bonchev–Trinajstić information content (AvgIpc) is 2.40. The summed E-state index contributed by atoms with van der Waals surface area (Å²) in [4.78, 5) is 5.90. The van der Waals surface area contributed by atoms with Gasteiger partial charge in [0.05, 0.1) is 6.54 Å². The van der Waals surface area contributed by atoms with Crippen molar-refractivity contribution in [2.75, 3.05) is 20.1 Å². The Kier molecular flexibility index (Phi) is 3.00. The number of hydrogen-bond donors (Lipinski definition) is 1. The van der Waals surface area contributed by atoms with Crippen LogP contribution in [0.5, 0.6) is 0 Å².